The highest BCUT2D eigenvalue weighted by atomic mass is 16.3. The molecule has 0 radical (unpaired) electrons. The number of hydrogen-bond acceptors (Lipinski definition) is 5. The minimum absolute atomic E-state index is 0.0476. The molecule has 1 saturated heterocycles. The van der Waals surface area contributed by atoms with Crippen LogP contribution >= 0.6 is 0 Å². The number of rotatable bonds is 5. The van der Waals surface area contributed by atoms with Gasteiger partial charge in [-0.1, -0.05) is 6.42 Å². The van der Waals surface area contributed by atoms with Crippen molar-refractivity contribution < 1.29 is 9.90 Å². The summed E-state index contributed by atoms with van der Waals surface area (Å²) in [5.41, 5.74) is 0.922. The van der Waals surface area contributed by atoms with E-state index in [2.05, 4.69) is 25.2 Å². The summed E-state index contributed by atoms with van der Waals surface area (Å²) >= 11 is 0. The molecule has 0 bridgehead atoms. The minimum atomic E-state index is -0.0681. The summed E-state index contributed by atoms with van der Waals surface area (Å²) < 4.78 is 0. The first kappa shape index (κ1) is 17.0. The molecule has 2 atom stereocenters. The molecule has 3 N–H and O–H groups in total. The molecule has 1 unspecified atom stereocenters. The Balaban J connectivity index is 1.31. The summed E-state index contributed by atoms with van der Waals surface area (Å²) in [6.07, 6.45) is 9.98. The Hall–Kier alpha value is -2.15. The number of fused-ring (bicyclic) bond motifs is 1. The number of aliphatic hydroxyl groups excluding tert-OH is 1. The largest absolute Gasteiger partial charge is 0.394 e. The zero-order chi connectivity index (χ0) is 18.4. The molecule has 3 aliphatic rings. The van der Waals surface area contributed by atoms with E-state index in [0.717, 1.165) is 62.0 Å². The molecule has 7 nitrogen and oxygen atoms in total. The van der Waals surface area contributed by atoms with E-state index in [1.54, 1.807) is 6.33 Å². The lowest BCUT2D eigenvalue weighted by molar-refractivity contribution is -0.129. The molecular formula is C20H27N5O2. The van der Waals surface area contributed by atoms with Crippen molar-refractivity contribution in [3.05, 3.63) is 18.6 Å². The van der Waals surface area contributed by atoms with Crippen LogP contribution in [-0.2, 0) is 4.79 Å². The average Bonchev–Trinajstić information content (AvgIpc) is 3.21. The van der Waals surface area contributed by atoms with Crippen LogP contribution in [0.1, 0.15) is 38.5 Å². The van der Waals surface area contributed by atoms with Crippen LogP contribution in [0.5, 0.6) is 0 Å². The highest BCUT2D eigenvalue weighted by Crippen LogP contribution is 2.56. The van der Waals surface area contributed by atoms with Gasteiger partial charge in [0.25, 0.3) is 0 Å². The van der Waals surface area contributed by atoms with Gasteiger partial charge in [-0.3, -0.25) is 4.79 Å². The van der Waals surface area contributed by atoms with Gasteiger partial charge in [0.05, 0.1) is 18.0 Å². The van der Waals surface area contributed by atoms with Crippen LogP contribution in [0.15, 0.2) is 18.6 Å². The Morgan fingerprint density at radius 3 is 2.93 bits per heavy atom. The van der Waals surface area contributed by atoms with E-state index in [1.807, 2.05) is 12.3 Å². The van der Waals surface area contributed by atoms with E-state index < -0.39 is 0 Å². The summed E-state index contributed by atoms with van der Waals surface area (Å²) in [4.78, 5) is 27.3. The molecule has 2 aliphatic carbocycles. The Labute approximate surface area is 158 Å². The Bertz CT molecular complexity index is 842. The van der Waals surface area contributed by atoms with E-state index in [-0.39, 0.29) is 29.9 Å². The third-order valence-corrected chi connectivity index (χ3v) is 7.02. The van der Waals surface area contributed by atoms with Gasteiger partial charge in [0.1, 0.15) is 17.8 Å². The zero-order valence-electron chi connectivity index (χ0n) is 15.5. The van der Waals surface area contributed by atoms with Crippen molar-refractivity contribution in [2.24, 2.45) is 17.3 Å². The predicted molar refractivity (Wildman–Crippen MR) is 102 cm³/mol. The Morgan fingerprint density at radius 2 is 2.22 bits per heavy atom. The molecule has 7 heteroatoms. The van der Waals surface area contributed by atoms with Crippen LogP contribution in [0, 0.1) is 17.3 Å². The first-order chi connectivity index (χ1) is 13.2. The fraction of sp³-hybridized carbons (Fsp3) is 0.650. The average molecular weight is 369 g/mol. The Morgan fingerprint density at radius 1 is 1.37 bits per heavy atom. The lowest BCUT2D eigenvalue weighted by atomic mass is 9.78. The van der Waals surface area contributed by atoms with Crippen LogP contribution in [0.25, 0.3) is 11.0 Å². The number of hydrogen-bond donors (Lipinski definition) is 3. The van der Waals surface area contributed by atoms with Gasteiger partial charge < -0.3 is 20.3 Å². The number of piperidine rings is 1. The second-order valence-electron chi connectivity index (χ2n) is 8.55. The summed E-state index contributed by atoms with van der Waals surface area (Å²) in [7, 11) is 0. The number of aromatic nitrogens is 3. The molecule has 1 spiro atoms. The van der Waals surface area contributed by atoms with Crippen molar-refractivity contribution in [2.75, 3.05) is 24.6 Å². The van der Waals surface area contributed by atoms with Crippen molar-refractivity contribution in [1.29, 1.82) is 0 Å². The Kier molecular flexibility index (Phi) is 4.07. The zero-order valence-corrected chi connectivity index (χ0v) is 15.5. The van der Waals surface area contributed by atoms with E-state index in [1.165, 1.54) is 6.42 Å². The van der Waals surface area contributed by atoms with Crippen molar-refractivity contribution in [3.63, 3.8) is 0 Å². The number of carbonyl (C=O) groups is 1. The number of amides is 1. The smallest absolute Gasteiger partial charge is 0.224 e. The highest BCUT2D eigenvalue weighted by molar-refractivity contribution is 5.87. The third-order valence-electron chi connectivity index (χ3n) is 7.02. The molecule has 27 heavy (non-hydrogen) atoms. The molecule has 0 aromatic carbocycles. The van der Waals surface area contributed by atoms with Crippen molar-refractivity contribution in [2.45, 2.75) is 44.6 Å². The van der Waals surface area contributed by atoms with Crippen molar-refractivity contribution in [3.8, 4) is 0 Å². The maximum absolute atomic E-state index is 13.0. The van der Waals surface area contributed by atoms with Gasteiger partial charge in [-0.15, -0.1) is 0 Å². The maximum Gasteiger partial charge on any atom is 0.224 e. The standard InChI is InChI=1S/C20H27N5O2/c26-10-16(13-2-1-3-13)24-19(27)15-5-9-25(11-20(15)6-7-20)18-14-4-8-21-17(14)22-12-23-18/h4,8,12-13,15-16,26H,1-3,5-7,9-11H2,(H,24,27)(H,21,22,23)/t15?,16-/m1/s1. The van der Waals surface area contributed by atoms with E-state index in [9.17, 15) is 9.90 Å². The van der Waals surface area contributed by atoms with Crippen LogP contribution in [0.3, 0.4) is 0 Å². The second kappa shape index (κ2) is 6.48. The molecule has 1 amide bonds. The SMILES string of the molecule is O=C(N[C@H](CO)C1CCC1)C1CCN(c2ncnc3[nH]ccc23)CC12CC2. The van der Waals surface area contributed by atoms with Crippen molar-refractivity contribution >= 4 is 22.8 Å². The number of carbonyl (C=O) groups excluding carboxylic acids is 1. The quantitative estimate of drug-likeness (QED) is 0.748. The number of aromatic amines is 1. The molecule has 2 saturated carbocycles. The molecule has 5 rings (SSSR count). The number of nitrogens with zero attached hydrogens (tertiary/aromatic N) is 3. The summed E-state index contributed by atoms with van der Waals surface area (Å²) in [6, 6.07) is 1.95. The van der Waals surface area contributed by atoms with E-state index in [4.69, 9.17) is 0 Å². The fourth-order valence-electron chi connectivity index (χ4n) is 4.97. The molecule has 144 valence electrons. The summed E-state index contributed by atoms with van der Waals surface area (Å²) in [5.74, 6) is 1.62. The number of aliphatic hydroxyl groups is 1. The molecule has 2 aromatic rings. The van der Waals surface area contributed by atoms with Gasteiger partial charge in [0.15, 0.2) is 0 Å². The van der Waals surface area contributed by atoms with Gasteiger partial charge in [-0.05, 0) is 49.5 Å². The van der Waals surface area contributed by atoms with Crippen LogP contribution in [0.2, 0.25) is 0 Å². The van der Waals surface area contributed by atoms with Gasteiger partial charge >= 0.3 is 0 Å². The lowest BCUT2D eigenvalue weighted by Crippen LogP contribution is -2.52. The maximum atomic E-state index is 13.0. The summed E-state index contributed by atoms with van der Waals surface area (Å²) in [6.45, 7) is 1.74. The number of anilines is 1. The summed E-state index contributed by atoms with van der Waals surface area (Å²) in [5, 5.41) is 13.9. The first-order valence-electron chi connectivity index (χ1n) is 10.1. The van der Waals surface area contributed by atoms with Crippen LogP contribution < -0.4 is 10.2 Å². The molecule has 3 fully saturated rings. The number of nitrogens with one attached hydrogen (secondary N) is 2. The van der Waals surface area contributed by atoms with Crippen LogP contribution in [0.4, 0.5) is 5.82 Å². The first-order valence-corrected chi connectivity index (χ1v) is 10.1. The van der Waals surface area contributed by atoms with E-state index in [0.29, 0.717) is 5.92 Å². The van der Waals surface area contributed by atoms with Crippen molar-refractivity contribution in [1.82, 2.24) is 20.3 Å². The van der Waals surface area contributed by atoms with Crippen LogP contribution in [-0.4, -0.2) is 51.7 Å². The predicted octanol–water partition coefficient (Wildman–Crippen LogP) is 1.84. The minimum Gasteiger partial charge on any atom is -0.394 e. The van der Waals surface area contributed by atoms with E-state index >= 15 is 0 Å². The fourth-order valence-corrected chi connectivity index (χ4v) is 4.97. The van der Waals surface area contributed by atoms with Gasteiger partial charge in [-0.2, -0.15) is 0 Å². The monoisotopic (exact) mass is 369 g/mol. The number of H-pyrrole nitrogens is 1. The van der Waals surface area contributed by atoms with Gasteiger partial charge in [-0.25, -0.2) is 9.97 Å². The normalized spacial score (nSPS) is 25.4. The molecule has 3 heterocycles. The van der Waals surface area contributed by atoms with Gasteiger partial charge in [0.2, 0.25) is 5.91 Å². The highest BCUT2D eigenvalue weighted by Gasteiger charge is 2.55. The second-order valence-corrected chi connectivity index (χ2v) is 8.55. The molecule has 2 aromatic heterocycles. The topological polar surface area (TPSA) is 94.1 Å². The molecular weight excluding hydrogens is 342 g/mol. The molecule has 1 aliphatic heterocycles. The lowest BCUT2D eigenvalue weighted by Gasteiger charge is -2.40. The van der Waals surface area contributed by atoms with Gasteiger partial charge in [0, 0.05) is 25.2 Å². The third kappa shape index (κ3) is 2.88.